The van der Waals surface area contributed by atoms with Crippen molar-refractivity contribution in [3.8, 4) is 11.3 Å². The number of hydrogen-bond acceptors (Lipinski definition) is 4. The Balaban J connectivity index is 2.34. The molecule has 0 saturated heterocycles. The molecular formula is C13H13ClN2O3. The van der Waals surface area contributed by atoms with Crippen molar-refractivity contribution in [3.05, 3.63) is 46.0 Å². The van der Waals surface area contributed by atoms with Crippen molar-refractivity contribution in [2.75, 3.05) is 5.88 Å². The largest absolute Gasteiger partial charge is 0.441 e. The van der Waals surface area contributed by atoms with Gasteiger partial charge in [0.05, 0.1) is 11.1 Å². The van der Waals surface area contributed by atoms with Gasteiger partial charge in [0.25, 0.3) is 5.69 Å². The van der Waals surface area contributed by atoms with E-state index in [2.05, 4.69) is 4.98 Å². The predicted molar refractivity (Wildman–Crippen MR) is 72.4 cm³/mol. The van der Waals surface area contributed by atoms with Gasteiger partial charge in [-0.25, -0.2) is 4.98 Å². The molecule has 2 rings (SSSR count). The van der Waals surface area contributed by atoms with Crippen LogP contribution >= 0.6 is 11.6 Å². The number of oxazole rings is 1. The summed E-state index contributed by atoms with van der Waals surface area (Å²) in [5.74, 6) is 1.69. The number of benzene rings is 1. The highest BCUT2D eigenvalue weighted by Crippen LogP contribution is 2.30. The van der Waals surface area contributed by atoms with Crippen LogP contribution in [-0.4, -0.2) is 15.8 Å². The van der Waals surface area contributed by atoms with Crippen LogP contribution in [0.25, 0.3) is 11.3 Å². The maximum Gasteiger partial charge on any atom is 0.273 e. The van der Waals surface area contributed by atoms with E-state index in [1.54, 1.807) is 25.3 Å². The molecule has 5 nitrogen and oxygen atoms in total. The lowest BCUT2D eigenvalue weighted by molar-refractivity contribution is -0.385. The lowest BCUT2D eigenvalue weighted by Gasteiger charge is -2.02. The van der Waals surface area contributed by atoms with Crippen LogP contribution < -0.4 is 0 Å². The van der Waals surface area contributed by atoms with Gasteiger partial charge in [-0.05, 0) is 13.3 Å². The monoisotopic (exact) mass is 280 g/mol. The summed E-state index contributed by atoms with van der Waals surface area (Å²) in [7, 11) is 0. The number of alkyl halides is 1. The van der Waals surface area contributed by atoms with E-state index in [0.29, 0.717) is 35.1 Å². The molecule has 0 fully saturated rings. The summed E-state index contributed by atoms with van der Waals surface area (Å²) in [6.07, 6.45) is 3.04. The number of rotatable bonds is 5. The van der Waals surface area contributed by atoms with Gasteiger partial charge in [0.15, 0.2) is 11.7 Å². The maximum absolute atomic E-state index is 10.9. The predicted octanol–water partition coefficient (Wildman–Crippen LogP) is 3.73. The Kier molecular flexibility index (Phi) is 4.16. The molecule has 0 radical (unpaired) electrons. The fraction of sp³-hybridized carbons (Fsp3) is 0.308. The summed E-state index contributed by atoms with van der Waals surface area (Å²) >= 11 is 5.61. The second-order valence-electron chi connectivity index (χ2n) is 4.12. The third-order valence-corrected chi connectivity index (χ3v) is 3.11. The first kappa shape index (κ1) is 13.5. The van der Waals surface area contributed by atoms with Crippen LogP contribution in [0.3, 0.4) is 0 Å². The van der Waals surface area contributed by atoms with E-state index in [1.165, 1.54) is 6.07 Å². The SMILES string of the molecule is Cc1c(-c2cnc(CCCCl)o2)cccc1[N+](=O)[O-]. The normalized spacial score (nSPS) is 10.6. The van der Waals surface area contributed by atoms with Gasteiger partial charge in [0.2, 0.25) is 0 Å². The zero-order chi connectivity index (χ0) is 13.8. The quantitative estimate of drug-likeness (QED) is 0.475. The summed E-state index contributed by atoms with van der Waals surface area (Å²) in [5.41, 5.74) is 1.35. The van der Waals surface area contributed by atoms with Gasteiger partial charge in [0, 0.05) is 29.5 Å². The number of nitrogens with zero attached hydrogens (tertiary/aromatic N) is 2. The third-order valence-electron chi connectivity index (χ3n) is 2.85. The zero-order valence-corrected chi connectivity index (χ0v) is 11.2. The molecule has 1 heterocycles. The Morgan fingerprint density at radius 3 is 2.95 bits per heavy atom. The molecule has 1 aromatic carbocycles. The summed E-state index contributed by atoms with van der Waals surface area (Å²) in [6, 6.07) is 4.90. The number of aryl methyl sites for hydroxylation is 1. The van der Waals surface area contributed by atoms with Gasteiger partial charge in [-0.2, -0.15) is 0 Å². The maximum atomic E-state index is 10.9. The molecule has 0 saturated carbocycles. The highest BCUT2D eigenvalue weighted by atomic mass is 35.5. The lowest BCUT2D eigenvalue weighted by atomic mass is 10.1. The first-order valence-electron chi connectivity index (χ1n) is 5.88. The number of aromatic nitrogens is 1. The van der Waals surface area contributed by atoms with Crippen LogP contribution in [0.2, 0.25) is 0 Å². The van der Waals surface area contributed by atoms with Crippen molar-refractivity contribution in [2.24, 2.45) is 0 Å². The van der Waals surface area contributed by atoms with Gasteiger partial charge in [0.1, 0.15) is 0 Å². The summed E-state index contributed by atoms with van der Waals surface area (Å²) < 4.78 is 5.59. The Hall–Kier alpha value is -1.88. The van der Waals surface area contributed by atoms with Gasteiger partial charge >= 0.3 is 0 Å². The lowest BCUT2D eigenvalue weighted by Crippen LogP contribution is -1.93. The van der Waals surface area contributed by atoms with Crippen LogP contribution in [0.1, 0.15) is 17.9 Å². The molecule has 2 aromatic rings. The smallest absolute Gasteiger partial charge is 0.273 e. The minimum Gasteiger partial charge on any atom is -0.441 e. The van der Waals surface area contributed by atoms with E-state index >= 15 is 0 Å². The second-order valence-corrected chi connectivity index (χ2v) is 4.50. The van der Waals surface area contributed by atoms with Crippen LogP contribution in [0.15, 0.2) is 28.8 Å². The molecule has 0 aliphatic rings. The molecule has 6 heteroatoms. The van der Waals surface area contributed by atoms with E-state index in [0.717, 1.165) is 6.42 Å². The first-order chi connectivity index (χ1) is 9.13. The van der Waals surface area contributed by atoms with Gasteiger partial charge < -0.3 is 4.42 Å². The number of nitro groups is 1. The number of halogens is 1. The second kappa shape index (κ2) is 5.84. The molecule has 0 atom stereocenters. The molecule has 0 aliphatic heterocycles. The highest BCUT2D eigenvalue weighted by Gasteiger charge is 2.16. The first-order valence-corrected chi connectivity index (χ1v) is 6.42. The molecule has 0 aliphatic carbocycles. The Morgan fingerprint density at radius 1 is 1.47 bits per heavy atom. The number of hydrogen-bond donors (Lipinski definition) is 0. The summed E-state index contributed by atoms with van der Waals surface area (Å²) in [5, 5.41) is 10.9. The van der Waals surface area contributed by atoms with Gasteiger partial charge in [-0.1, -0.05) is 12.1 Å². The molecule has 100 valence electrons. The van der Waals surface area contributed by atoms with Crippen molar-refractivity contribution in [1.82, 2.24) is 4.98 Å². The highest BCUT2D eigenvalue weighted by molar-refractivity contribution is 6.17. The average molecular weight is 281 g/mol. The van der Waals surface area contributed by atoms with Crippen molar-refractivity contribution >= 4 is 17.3 Å². The van der Waals surface area contributed by atoms with Crippen molar-refractivity contribution < 1.29 is 9.34 Å². The molecule has 1 aromatic heterocycles. The Morgan fingerprint density at radius 2 is 2.26 bits per heavy atom. The summed E-state index contributed by atoms with van der Waals surface area (Å²) in [4.78, 5) is 14.6. The molecular weight excluding hydrogens is 268 g/mol. The van der Waals surface area contributed by atoms with Crippen LogP contribution in [0.4, 0.5) is 5.69 Å². The minimum absolute atomic E-state index is 0.0798. The topological polar surface area (TPSA) is 69.2 Å². The van der Waals surface area contributed by atoms with Gasteiger partial charge in [-0.15, -0.1) is 11.6 Å². The van der Waals surface area contributed by atoms with Crippen molar-refractivity contribution in [3.63, 3.8) is 0 Å². The van der Waals surface area contributed by atoms with Crippen LogP contribution in [0, 0.1) is 17.0 Å². The Bertz CT molecular complexity index is 595. The average Bonchev–Trinajstić information content (AvgIpc) is 2.84. The zero-order valence-electron chi connectivity index (χ0n) is 10.4. The molecule has 0 spiro atoms. The Labute approximate surface area is 115 Å². The van der Waals surface area contributed by atoms with Gasteiger partial charge in [-0.3, -0.25) is 10.1 Å². The van der Waals surface area contributed by atoms with E-state index in [-0.39, 0.29) is 5.69 Å². The standard InChI is InChI=1S/C13H13ClN2O3/c1-9-10(4-2-5-11(9)16(17)18)12-8-15-13(19-12)6-3-7-14/h2,4-5,8H,3,6-7H2,1H3. The minimum atomic E-state index is -0.399. The fourth-order valence-corrected chi connectivity index (χ4v) is 1.99. The third kappa shape index (κ3) is 2.93. The van der Waals surface area contributed by atoms with Crippen molar-refractivity contribution in [1.29, 1.82) is 0 Å². The van der Waals surface area contributed by atoms with Crippen molar-refractivity contribution in [2.45, 2.75) is 19.8 Å². The van der Waals surface area contributed by atoms with E-state index in [1.807, 2.05) is 0 Å². The van der Waals surface area contributed by atoms with Crippen LogP contribution in [0.5, 0.6) is 0 Å². The van der Waals surface area contributed by atoms with E-state index < -0.39 is 4.92 Å². The fourth-order valence-electron chi connectivity index (χ4n) is 1.86. The van der Waals surface area contributed by atoms with Crippen LogP contribution in [-0.2, 0) is 6.42 Å². The molecule has 0 unspecified atom stereocenters. The molecule has 0 bridgehead atoms. The molecule has 0 amide bonds. The molecule has 0 N–H and O–H groups in total. The number of nitro benzene ring substituents is 1. The summed E-state index contributed by atoms with van der Waals surface area (Å²) in [6.45, 7) is 1.70. The van der Waals surface area contributed by atoms with E-state index in [4.69, 9.17) is 16.0 Å². The van der Waals surface area contributed by atoms with E-state index in [9.17, 15) is 10.1 Å². The molecule has 19 heavy (non-hydrogen) atoms.